The van der Waals surface area contributed by atoms with Crippen LogP contribution in [0.15, 0.2) is 0 Å². The molecule has 4 heteroatoms. The molecule has 2 unspecified atom stereocenters. The van der Waals surface area contributed by atoms with Crippen LogP contribution in [-0.4, -0.2) is 39.0 Å². The molecule has 2 atom stereocenters. The molecule has 16 heavy (non-hydrogen) atoms. The van der Waals surface area contributed by atoms with Gasteiger partial charge in [-0.25, -0.2) is 0 Å². The maximum Gasteiger partial charge on any atom is 0.147 e. The summed E-state index contributed by atoms with van der Waals surface area (Å²) in [5.74, 6) is 0. The highest BCUT2D eigenvalue weighted by Gasteiger charge is 2.30. The van der Waals surface area contributed by atoms with Gasteiger partial charge in [0.25, 0.3) is 0 Å². The molecule has 0 bridgehead atoms. The van der Waals surface area contributed by atoms with Crippen molar-refractivity contribution in [3.8, 4) is 12.8 Å². The highest BCUT2D eigenvalue weighted by Crippen LogP contribution is 2.14. The molecule has 0 aliphatic carbocycles. The van der Waals surface area contributed by atoms with Crippen LogP contribution in [0.2, 0.25) is 0 Å². The molecule has 4 nitrogen and oxygen atoms in total. The zero-order valence-electron chi connectivity index (χ0n) is 10.8. The average molecular weight is 232 g/mol. The third kappa shape index (κ3) is 6.81. The van der Waals surface area contributed by atoms with Crippen LogP contribution < -0.4 is 0 Å². The van der Waals surface area contributed by atoms with E-state index in [9.17, 15) is 0 Å². The molecule has 2 heterocycles. The number of fused-ring (bicyclic) bond motifs is 1. The van der Waals surface area contributed by atoms with E-state index in [1.54, 1.807) is 0 Å². The van der Waals surface area contributed by atoms with Gasteiger partial charge in [0.2, 0.25) is 0 Å². The smallest absolute Gasteiger partial charge is 0.147 e. The summed E-state index contributed by atoms with van der Waals surface area (Å²) in [5, 5.41) is 0. The maximum absolute atomic E-state index is 5.21. The summed E-state index contributed by atoms with van der Waals surface area (Å²) < 4.78 is 20.5. The van der Waals surface area contributed by atoms with Crippen molar-refractivity contribution < 1.29 is 18.9 Å². The minimum atomic E-state index is 0.0856. The van der Waals surface area contributed by atoms with Gasteiger partial charge in [0.15, 0.2) is 0 Å². The van der Waals surface area contributed by atoms with Gasteiger partial charge in [-0.3, -0.25) is 0 Å². The molecule has 2 fully saturated rings. The van der Waals surface area contributed by atoms with Crippen LogP contribution in [0.4, 0.5) is 0 Å². The second kappa shape index (κ2) is 14.4. The van der Waals surface area contributed by atoms with E-state index in [1.165, 1.54) is 0 Å². The Morgan fingerprint density at radius 2 is 1.06 bits per heavy atom. The number of hydrogen-bond donors (Lipinski definition) is 0. The van der Waals surface area contributed by atoms with Crippen molar-refractivity contribution in [2.75, 3.05) is 26.8 Å². The fourth-order valence-electron chi connectivity index (χ4n) is 1.13. The van der Waals surface area contributed by atoms with E-state index in [1.807, 2.05) is 27.7 Å². The van der Waals surface area contributed by atoms with E-state index < -0.39 is 0 Å². The van der Waals surface area contributed by atoms with E-state index >= 15 is 0 Å². The Labute approximate surface area is 99.2 Å². The van der Waals surface area contributed by atoms with Crippen molar-refractivity contribution >= 4 is 0 Å². The second-order valence-corrected chi connectivity index (χ2v) is 2.39. The number of hydrogen-bond acceptors (Lipinski definition) is 4. The molecule has 0 saturated carbocycles. The molecule has 2 aliphatic heterocycles. The summed E-state index contributed by atoms with van der Waals surface area (Å²) in [6.07, 6.45) is 8.17. The van der Waals surface area contributed by atoms with Crippen LogP contribution in [0.25, 0.3) is 0 Å². The first-order valence-corrected chi connectivity index (χ1v) is 5.69. The largest absolute Gasteiger partial charge is 0.353 e. The van der Waals surface area contributed by atoms with Crippen molar-refractivity contribution in [1.82, 2.24) is 0 Å². The van der Waals surface area contributed by atoms with Gasteiger partial charge >= 0.3 is 0 Å². The topological polar surface area (TPSA) is 36.9 Å². The highest BCUT2D eigenvalue weighted by molar-refractivity contribution is 4.73. The lowest BCUT2D eigenvalue weighted by Gasteiger charge is -2.34. The van der Waals surface area contributed by atoms with Gasteiger partial charge in [-0.1, -0.05) is 27.7 Å². The van der Waals surface area contributed by atoms with Crippen LogP contribution in [0.3, 0.4) is 0 Å². The monoisotopic (exact) mass is 232 g/mol. The molecule has 2 aliphatic rings. The number of rotatable bonds is 0. The Morgan fingerprint density at radius 1 is 0.750 bits per heavy atom. The molecule has 0 N–H and O–H groups in total. The SMILES string of the molecule is C#C.C1OCC2OCOCC2O1.CC.CC. The van der Waals surface area contributed by atoms with E-state index in [0.717, 1.165) is 0 Å². The summed E-state index contributed by atoms with van der Waals surface area (Å²) in [7, 11) is 0. The van der Waals surface area contributed by atoms with Crippen molar-refractivity contribution in [2.24, 2.45) is 0 Å². The molecule has 2 rings (SSSR count). The molecule has 0 aromatic carbocycles. The molecule has 0 amide bonds. The predicted molar refractivity (Wildman–Crippen MR) is 64.0 cm³/mol. The third-order valence-corrected chi connectivity index (χ3v) is 1.71. The molecule has 0 spiro atoms. The minimum absolute atomic E-state index is 0.0856. The zero-order chi connectivity index (χ0) is 12.8. The van der Waals surface area contributed by atoms with Gasteiger partial charge in [0, 0.05) is 0 Å². The predicted octanol–water partition coefficient (Wildman–Crippen LogP) is 2.03. The van der Waals surface area contributed by atoms with Gasteiger partial charge in [-0.2, -0.15) is 0 Å². The highest BCUT2D eigenvalue weighted by atomic mass is 16.7. The summed E-state index contributed by atoms with van der Waals surface area (Å²) >= 11 is 0. The Morgan fingerprint density at radius 3 is 1.38 bits per heavy atom. The first-order chi connectivity index (χ1) is 7.97. The molecule has 2 saturated heterocycles. The fraction of sp³-hybridized carbons (Fsp3) is 0.833. The Hall–Kier alpha value is -0.600. The zero-order valence-corrected chi connectivity index (χ0v) is 10.8. The van der Waals surface area contributed by atoms with Crippen molar-refractivity contribution in [3.05, 3.63) is 0 Å². The van der Waals surface area contributed by atoms with Gasteiger partial charge < -0.3 is 18.9 Å². The Balaban J connectivity index is 0. The Kier molecular flexibility index (Phi) is 16.0. The Bertz CT molecular complexity index is 121. The molecule has 96 valence electrons. The van der Waals surface area contributed by atoms with Crippen molar-refractivity contribution in [2.45, 2.75) is 39.9 Å². The fourth-order valence-corrected chi connectivity index (χ4v) is 1.13. The van der Waals surface area contributed by atoms with E-state index in [0.29, 0.717) is 26.8 Å². The van der Waals surface area contributed by atoms with Crippen LogP contribution in [0, 0.1) is 12.8 Å². The first-order valence-electron chi connectivity index (χ1n) is 5.69. The summed E-state index contributed by atoms with van der Waals surface area (Å²) in [5.41, 5.74) is 0. The normalized spacial score (nSPS) is 26.4. The van der Waals surface area contributed by atoms with Crippen LogP contribution in [0.1, 0.15) is 27.7 Å². The van der Waals surface area contributed by atoms with Gasteiger partial charge in [0.05, 0.1) is 13.2 Å². The summed E-state index contributed by atoms with van der Waals surface area (Å²) in [4.78, 5) is 0. The third-order valence-electron chi connectivity index (χ3n) is 1.71. The lowest BCUT2D eigenvalue weighted by molar-refractivity contribution is -0.276. The average Bonchev–Trinajstić information content (AvgIpc) is 2.45. The van der Waals surface area contributed by atoms with Gasteiger partial charge in [-0.15, -0.1) is 12.8 Å². The standard InChI is InChI=1S/C6H10O4.2C2H6.C2H2/c1-5-6(10-3-7-1)2-8-4-9-5;3*1-2/h5-6H,1-4H2;2*1-2H3;1-2H. The van der Waals surface area contributed by atoms with Gasteiger partial charge in [0.1, 0.15) is 25.8 Å². The van der Waals surface area contributed by atoms with E-state index in [4.69, 9.17) is 18.9 Å². The molecular formula is C12H24O4. The lowest BCUT2D eigenvalue weighted by Crippen LogP contribution is -2.47. The van der Waals surface area contributed by atoms with Crippen LogP contribution >= 0.6 is 0 Å². The first kappa shape index (κ1) is 17.8. The molecule has 0 aromatic heterocycles. The molecule has 0 radical (unpaired) electrons. The number of terminal acetylenes is 1. The van der Waals surface area contributed by atoms with Crippen LogP contribution in [0.5, 0.6) is 0 Å². The summed E-state index contributed by atoms with van der Waals surface area (Å²) in [6, 6.07) is 0. The molecular weight excluding hydrogens is 208 g/mol. The van der Waals surface area contributed by atoms with Gasteiger partial charge in [-0.05, 0) is 0 Å². The van der Waals surface area contributed by atoms with Crippen molar-refractivity contribution in [1.29, 1.82) is 0 Å². The second-order valence-electron chi connectivity index (χ2n) is 2.39. The summed E-state index contributed by atoms with van der Waals surface area (Å²) in [6.45, 7) is 10.0. The maximum atomic E-state index is 5.21. The van der Waals surface area contributed by atoms with E-state index in [2.05, 4.69) is 12.8 Å². The molecule has 0 aromatic rings. The van der Waals surface area contributed by atoms with E-state index in [-0.39, 0.29) is 12.2 Å². The number of ether oxygens (including phenoxy) is 4. The minimum Gasteiger partial charge on any atom is -0.353 e. The lowest BCUT2D eigenvalue weighted by atomic mass is 10.2. The van der Waals surface area contributed by atoms with Crippen molar-refractivity contribution in [3.63, 3.8) is 0 Å². The quantitative estimate of drug-likeness (QED) is 0.599. The van der Waals surface area contributed by atoms with Crippen LogP contribution in [-0.2, 0) is 18.9 Å².